The Morgan fingerprint density at radius 1 is 1.18 bits per heavy atom. The smallest absolute Gasteiger partial charge is 0.130 e. The van der Waals surface area contributed by atoms with Crippen molar-refractivity contribution in [2.75, 3.05) is 5.73 Å². The van der Waals surface area contributed by atoms with Crippen molar-refractivity contribution in [1.29, 1.82) is 0 Å². The van der Waals surface area contributed by atoms with Gasteiger partial charge in [0.1, 0.15) is 5.75 Å². The van der Waals surface area contributed by atoms with Crippen LogP contribution in [0.25, 0.3) is 10.9 Å². The van der Waals surface area contributed by atoms with Crippen molar-refractivity contribution >= 4 is 16.6 Å². The average molecular weight is 228 g/mol. The molecule has 3 nitrogen and oxygen atoms in total. The second-order valence-electron chi connectivity index (χ2n) is 4.61. The molecule has 1 heterocycles. The summed E-state index contributed by atoms with van der Waals surface area (Å²) in [5.41, 5.74) is 7.40. The van der Waals surface area contributed by atoms with E-state index in [0.717, 1.165) is 22.3 Å². The van der Waals surface area contributed by atoms with Crippen molar-refractivity contribution in [1.82, 2.24) is 4.98 Å². The van der Waals surface area contributed by atoms with Crippen LogP contribution in [0.5, 0.6) is 5.75 Å². The van der Waals surface area contributed by atoms with Crippen LogP contribution in [0.3, 0.4) is 0 Å². The molecule has 1 aromatic carbocycles. The van der Waals surface area contributed by atoms with Gasteiger partial charge in [-0.15, -0.1) is 0 Å². The van der Waals surface area contributed by atoms with Crippen molar-refractivity contribution in [3.05, 3.63) is 30.5 Å². The Labute approximate surface area is 101 Å². The molecule has 1 fully saturated rings. The van der Waals surface area contributed by atoms with Gasteiger partial charge in [-0.25, -0.2) is 0 Å². The molecule has 0 atom stereocenters. The highest BCUT2D eigenvalue weighted by atomic mass is 16.5. The molecule has 88 valence electrons. The first-order valence-electron chi connectivity index (χ1n) is 6.14. The van der Waals surface area contributed by atoms with E-state index >= 15 is 0 Å². The lowest BCUT2D eigenvalue weighted by atomic mass is 10.2. The maximum absolute atomic E-state index is 6.05. The summed E-state index contributed by atoms with van der Waals surface area (Å²) >= 11 is 0. The average Bonchev–Trinajstić information content (AvgIpc) is 2.82. The largest absolute Gasteiger partial charge is 0.490 e. The standard InChI is InChI=1S/C14H16N2O/c15-10-5-6-12-13(9-10)16-8-7-14(12)17-11-3-1-2-4-11/h5-9,11H,1-4,15H2. The molecule has 3 heteroatoms. The Bertz CT molecular complexity index is 533. The van der Waals surface area contributed by atoms with E-state index < -0.39 is 0 Å². The van der Waals surface area contributed by atoms with Gasteiger partial charge in [-0.1, -0.05) is 0 Å². The number of nitrogen functional groups attached to an aromatic ring is 1. The predicted molar refractivity (Wildman–Crippen MR) is 69.0 cm³/mol. The summed E-state index contributed by atoms with van der Waals surface area (Å²) < 4.78 is 6.05. The zero-order valence-electron chi connectivity index (χ0n) is 9.73. The molecule has 2 aromatic rings. The number of pyridine rings is 1. The Balaban J connectivity index is 1.97. The molecule has 17 heavy (non-hydrogen) atoms. The van der Waals surface area contributed by atoms with E-state index in [1.807, 2.05) is 24.3 Å². The first-order valence-corrected chi connectivity index (χ1v) is 6.14. The van der Waals surface area contributed by atoms with Gasteiger partial charge < -0.3 is 10.5 Å². The minimum absolute atomic E-state index is 0.373. The van der Waals surface area contributed by atoms with E-state index in [1.165, 1.54) is 25.7 Å². The van der Waals surface area contributed by atoms with Crippen LogP contribution in [0.4, 0.5) is 5.69 Å². The summed E-state index contributed by atoms with van der Waals surface area (Å²) in [5.74, 6) is 0.932. The number of ether oxygens (including phenoxy) is 1. The van der Waals surface area contributed by atoms with Crippen molar-refractivity contribution in [3.63, 3.8) is 0 Å². The van der Waals surface area contributed by atoms with Gasteiger partial charge in [0.25, 0.3) is 0 Å². The van der Waals surface area contributed by atoms with Crippen molar-refractivity contribution in [2.45, 2.75) is 31.8 Å². The summed E-state index contributed by atoms with van der Waals surface area (Å²) in [6.45, 7) is 0. The van der Waals surface area contributed by atoms with Crippen molar-refractivity contribution in [2.24, 2.45) is 0 Å². The zero-order valence-corrected chi connectivity index (χ0v) is 9.73. The number of aromatic nitrogens is 1. The molecule has 0 aliphatic heterocycles. The first-order chi connectivity index (χ1) is 8.33. The van der Waals surface area contributed by atoms with E-state index in [4.69, 9.17) is 10.5 Å². The van der Waals surface area contributed by atoms with Crippen LogP contribution in [-0.4, -0.2) is 11.1 Å². The summed E-state index contributed by atoms with van der Waals surface area (Å²) in [5, 5.41) is 1.05. The Hall–Kier alpha value is -1.77. The normalized spacial score (nSPS) is 16.5. The number of hydrogen-bond acceptors (Lipinski definition) is 3. The summed E-state index contributed by atoms with van der Waals surface area (Å²) in [6, 6.07) is 7.71. The topological polar surface area (TPSA) is 48.1 Å². The van der Waals surface area contributed by atoms with Gasteiger partial charge >= 0.3 is 0 Å². The quantitative estimate of drug-likeness (QED) is 0.803. The van der Waals surface area contributed by atoms with E-state index in [0.29, 0.717) is 6.10 Å². The van der Waals surface area contributed by atoms with E-state index in [-0.39, 0.29) is 0 Å². The highest BCUT2D eigenvalue weighted by Gasteiger charge is 2.17. The number of benzene rings is 1. The fourth-order valence-electron chi connectivity index (χ4n) is 2.43. The lowest BCUT2D eigenvalue weighted by molar-refractivity contribution is 0.212. The fraction of sp³-hybridized carbons (Fsp3) is 0.357. The molecule has 1 saturated carbocycles. The van der Waals surface area contributed by atoms with Crippen LogP contribution < -0.4 is 10.5 Å². The van der Waals surface area contributed by atoms with E-state index in [9.17, 15) is 0 Å². The van der Waals surface area contributed by atoms with Gasteiger partial charge in [0.15, 0.2) is 0 Å². The molecule has 3 rings (SSSR count). The first kappa shape index (κ1) is 10.4. The molecule has 1 aliphatic carbocycles. The maximum Gasteiger partial charge on any atom is 0.130 e. The summed E-state index contributed by atoms with van der Waals surface area (Å²) in [4.78, 5) is 4.32. The molecule has 0 spiro atoms. The molecule has 0 saturated heterocycles. The molecule has 0 radical (unpaired) electrons. The Morgan fingerprint density at radius 2 is 2.00 bits per heavy atom. The molecule has 2 N–H and O–H groups in total. The Kier molecular flexibility index (Phi) is 2.59. The minimum atomic E-state index is 0.373. The maximum atomic E-state index is 6.05. The molecule has 1 aliphatic rings. The van der Waals surface area contributed by atoms with Crippen LogP contribution in [0.2, 0.25) is 0 Å². The van der Waals surface area contributed by atoms with Crippen LogP contribution >= 0.6 is 0 Å². The third-order valence-corrected chi connectivity index (χ3v) is 3.32. The predicted octanol–water partition coefficient (Wildman–Crippen LogP) is 3.14. The van der Waals surface area contributed by atoms with Crippen LogP contribution in [-0.2, 0) is 0 Å². The van der Waals surface area contributed by atoms with Crippen LogP contribution in [0.1, 0.15) is 25.7 Å². The van der Waals surface area contributed by atoms with Gasteiger partial charge in [0.05, 0.1) is 11.6 Å². The second kappa shape index (κ2) is 4.24. The van der Waals surface area contributed by atoms with Gasteiger partial charge in [0, 0.05) is 17.3 Å². The number of nitrogens with two attached hydrogens (primary N) is 1. The van der Waals surface area contributed by atoms with Gasteiger partial charge in [-0.3, -0.25) is 4.98 Å². The minimum Gasteiger partial charge on any atom is -0.490 e. The monoisotopic (exact) mass is 228 g/mol. The van der Waals surface area contributed by atoms with E-state index in [1.54, 1.807) is 6.20 Å². The molecular weight excluding hydrogens is 212 g/mol. The van der Waals surface area contributed by atoms with Gasteiger partial charge in [-0.2, -0.15) is 0 Å². The third kappa shape index (κ3) is 2.05. The molecule has 0 bridgehead atoms. The number of nitrogens with zero attached hydrogens (tertiary/aromatic N) is 1. The fourth-order valence-corrected chi connectivity index (χ4v) is 2.43. The number of anilines is 1. The molecule has 0 unspecified atom stereocenters. The highest BCUT2D eigenvalue weighted by molar-refractivity contribution is 5.87. The van der Waals surface area contributed by atoms with Crippen LogP contribution in [0, 0.1) is 0 Å². The third-order valence-electron chi connectivity index (χ3n) is 3.32. The van der Waals surface area contributed by atoms with Gasteiger partial charge in [-0.05, 0) is 49.9 Å². The lowest BCUT2D eigenvalue weighted by Gasteiger charge is -2.14. The summed E-state index contributed by atoms with van der Waals surface area (Å²) in [7, 11) is 0. The second-order valence-corrected chi connectivity index (χ2v) is 4.61. The van der Waals surface area contributed by atoms with Crippen molar-refractivity contribution in [3.8, 4) is 5.75 Å². The summed E-state index contributed by atoms with van der Waals surface area (Å²) in [6.07, 6.45) is 7.04. The van der Waals surface area contributed by atoms with Gasteiger partial charge in [0.2, 0.25) is 0 Å². The number of rotatable bonds is 2. The van der Waals surface area contributed by atoms with Crippen molar-refractivity contribution < 1.29 is 4.74 Å². The number of fused-ring (bicyclic) bond motifs is 1. The number of hydrogen-bond donors (Lipinski definition) is 1. The zero-order chi connectivity index (χ0) is 11.7. The highest BCUT2D eigenvalue weighted by Crippen LogP contribution is 2.29. The lowest BCUT2D eigenvalue weighted by Crippen LogP contribution is -2.11. The van der Waals surface area contributed by atoms with Crippen LogP contribution in [0.15, 0.2) is 30.5 Å². The molecular formula is C14H16N2O. The SMILES string of the molecule is Nc1ccc2c(OC3CCCC3)ccnc2c1. The van der Waals surface area contributed by atoms with E-state index in [2.05, 4.69) is 4.98 Å². The molecule has 1 aromatic heterocycles. The Morgan fingerprint density at radius 3 is 2.82 bits per heavy atom. The molecule has 0 amide bonds.